The fourth-order valence-corrected chi connectivity index (χ4v) is 3.71. The van der Waals surface area contributed by atoms with Gasteiger partial charge in [0.25, 0.3) is 0 Å². The van der Waals surface area contributed by atoms with Crippen molar-refractivity contribution < 1.29 is 14.6 Å². The monoisotopic (exact) mass is 388 g/mol. The summed E-state index contributed by atoms with van der Waals surface area (Å²) in [6.45, 7) is -0.0401. The van der Waals surface area contributed by atoms with Gasteiger partial charge in [0.2, 0.25) is 0 Å². The number of hydrogen-bond acceptors (Lipinski definition) is 3. The van der Waals surface area contributed by atoms with Gasteiger partial charge in [-0.3, -0.25) is 4.79 Å². The van der Waals surface area contributed by atoms with E-state index in [-0.39, 0.29) is 24.6 Å². The van der Waals surface area contributed by atoms with Crippen molar-refractivity contribution in [2.75, 3.05) is 6.61 Å². The molecule has 0 aromatic rings. The normalized spacial score (nSPS) is 18.4. The van der Waals surface area contributed by atoms with Crippen molar-refractivity contribution in [1.29, 1.82) is 0 Å². The molecule has 28 heavy (non-hydrogen) atoms. The smallest absolute Gasteiger partial charge is 0.309 e. The van der Waals surface area contributed by atoms with Crippen molar-refractivity contribution >= 4 is 5.97 Å². The summed E-state index contributed by atoms with van der Waals surface area (Å²) in [6.07, 6.45) is 24.4. The second kappa shape index (κ2) is 17.6. The van der Waals surface area contributed by atoms with Gasteiger partial charge in [0.15, 0.2) is 0 Å². The molecule has 0 spiro atoms. The largest absolute Gasteiger partial charge is 0.460 e. The Morgan fingerprint density at radius 3 is 1.82 bits per heavy atom. The van der Waals surface area contributed by atoms with Crippen LogP contribution >= 0.6 is 0 Å². The highest BCUT2D eigenvalue weighted by molar-refractivity contribution is 5.74. The van der Waals surface area contributed by atoms with Gasteiger partial charge < -0.3 is 9.84 Å². The summed E-state index contributed by atoms with van der Waals surface area (Å²) in [7, 11) is 0. The maximum absolute atomic E-state index is 11.6. The van der Waals surface area contributed by atoms with E-state index in [1.54, 1.807) is 0 Å². The number of unbranched alkanes of at least 4 members (excludes halogenated alkanes) is 13. The highest BCUT2D eigenvalue weighted by Gasteiger charge is 2.33. The average molecular weight is 389 g/mol. The fraction of sp³-hybridized carbons (Fsp3) is 0.800. The van der Waals surface area contributed by atoms with Crippen LogP contribution in [0.25, 0.3) is 0 Å². The van der Waals surface area contributed by atoms with Gasteiger partial charge in [0.1, 0.15) is 6.10 Å². The van der Waals surface area contributed by atoms with E-state index >= 15 is 0 Å². The maximum atomic E-state index is 11.6. The van der Waals surface area contributed by atoms with Crippen molar-refractivity contribution in [1.82, 2.24) is 0 Å². The molecule has 1 saturated heterocycles. The molecular formula is C25H40O3. The van der Waals surface area contributed by atoms with Crippen LogP contribution in [0.5, 0.6) is 0 Å². The molecule has 0 aliphatic carbocycles. The molecule has 0 bridgehead atoms. The quantitative estimate of drug-likeness (QED) is 0.207. The highest BCUT2D eigenvalue weighted by Crippen LogP contribution is 2.26. The minimum Gasteiger partial charge on any atom is -0.460 e. The molecule has 1 aliphatic heterocycles. The Morgan fingerprint density at radius 2 is 1.32 bits per heavy atom. The van der Waals surface area contributed by atoms with Crippen LogP contribution in [0.4, 0.5) is 0 Å². The van der Waals surface area contributed by atoms with Crippen LogP contribution in [0.1, 0.15) is 109 Å². The van der Waals surface area contributed by atoms with Gasteiger partial charge in [0.05, 0.1) is 12.5 Å². The summed E-state index contributed by atoms with van der Waals surface area (Å²) >= 11 is 0. The number of rotatable bonds is 16. The standard InChI is InChI=1S/C25H40O3/c1-2-3-4-5-6-7-8-9-10-11-12-13-14-15-16-17-18-19-20-23-21-24(22-26)28-25(23)27/h1,23-24,26H,3-8,11-22H2/t23-,24+/m1/s1. The lowest BCUT2D eigenvalue weighted by Crippen LogP contribution is -2.10. The number of cyclic esters (lactones) is 1. The lowest BCUT2D eigenvalue weighted by molar-refractivity contribution is -0.145. The Labute approximate surface area is 173 Å². The van der Waals surface area contributed by atoms with E-state index in [0.29, 0.717) is 6.42 Å². The molecule has 158 valence electrons. The van der Waals surface area contributed by atoms with Crippen molar-refractivity contribution in [3.8, 4) is 24.2 Å². The van der Waals surface area contributed by atoms with Crippen LogP contribution in [0.15, 0.2) is 0 Å². The molecule has 0 saturated carbocycles. The van der Waals surface area contributed by atoms with Crippen molar-refractivity contribution in [3.63, 3.8) is 0 Å². The molecule has 2 atom stereocenters. The minimum atomic E-state index is -0.258. The van der Waals surface area contributed by atoms with E-state index in [9.17, 15) is 4.79 Å². The maximum Gasteiger partial charge on any atom is 0.309 e. The number of terminal acetylenes is 1. The zero-order chi connectivity index (χ0) is 20.3. The number of aliphatic hydroxyl groups excluding tert-OH is 1. The molecule has 1 aliphatic rings. The molecule has 0 aromatic heterocycles. The number of aliphatic hydroxyl groups is 1. The molecule has 1 heterocycles. The van der Waals surface area contributed by atoms with Crippen molar-refractivity contribution in [3.05, 3.63) is 0 Å². The van der Waals surface area contributed by atoms with Gasteiger partial charge in [-0.2, -0.15) is 0 Å². The van der Waals surface area contributed by atoms with Crippen LogP contribution < -0.4 is 0 Å². The van der Waals surface area contributed by atoms with Crippen LogP contribution in [0, 0.1) is 30.1 Å². The van der Waals surface area contributed by atoms with Gasteiger partial charge in [-0.05, 0) is 32.1 Å². The predicted octanol–water partition coefficient (Wildman–Crippen LogP) is 5.79. The number of esters is 1. The average Bonchev–Trinajstić information content (AvgIpc) is 3.07. The van der Waals surface area contributed by atoms with Crippen LogP contribution in [-0.4, -0.2) is 23.8 Å². The Kier molecular flexibility index (Phi) is 15.5. The minimum absolute atomic E-state index is 0.0201. The van der Waals surface area contributed by atoms with Crippen LogP contribution in [-0.2, 0) is 9.53 Å². The topological polar surface area (TPSA) is 46.5 Å². The summed E-state index contributed by atoms with van der Waals surface area (Å²) in [6, 6.07) is 0. The summed E-state index contributed by atoms with van der Waals surface area (Å²) in [5.41, 5.74) is 0. The number of carbonyl (C=O) groups is 1. The number of ether oxygens (including phenoxy) is 1. The number of carbonyl (C=O) groups excluding carboxylic acids is 1. The summed E-state index contributed by atoms with van der Waals surface area (Å²) in [5.74, 6) is 9.20. The van der Waals surface area contributed by atoms with E-state index in [1.165, 1.54) is 64.2 Å². The zero-order valence-electron chi connectivity index (χ0n) is 17.7. The lowest BCUT2D eigenvalue weighted by Gasteiger charge is -2.05. The molecule has 1 N–H and O–H groups in total. The molecule has 3 heteroatoms. The third-order valence-electron chi connectivity index (χ3n) is 5.47. The Bertz CT molecular complexity index is 494. The predicted molar refractivity (Wildman–Crippen MR) is 116 cm³/mol. The summed E-state index contributed by atoms with van der Waals surface area (Å²) in [4.78, 5) is 11.6. The van der Waals surface area contributed by atoms with Gasteiger partial charge in [-0.25, -0.2) is 0 Å². The van der Waals surface area contributed by atoms with Gasteiger partial charge in [-0.15, -0.1) is 24.2 Å². The molecule has 3 nitrogen and oxygen atoms in total. The summed E-state index contributed by atoms with van der Waals surface area (Å²) in [5, 5.41) is 9.04. The molecule has 0 aromatic carbocycles. The van der Waals surface area contributed by atoms with E-state index in [0.717, 1.165) is 38.5 Å². The van der Waals surface area contributed by atoms with E-state index < -0.39 is 0 Å². The Balaban J connectivity index is 1.78. The third kappa shape index (κ3) is 12.9. The summed E-state index contributed by atoms with van der Waals surface area (Å²) < 4.78 is 5.11. The van der Waals surface area contributed by atoms with E-state index in [2.05, 4.69) is 17.8 Å². The first-order chi connectivity index (χ1) is 13.8. The van der Waals surface area contributed by atoms with Gasteiger partial charge in [-0.1, -0.05) is 57.8 Å². The van der Waals surface area contributed by atoms with E-state index in [4.69, 9.17) is 16.3 Å². The van der Waals surface area contributed by atoms with Crippen LogP contribution in [0.2, 0.25) is 0 Å². The third-order valence-corrected chi connectivity index (χ3v) is 5.47. The molecule has 1 rings (SSSR count). The molecule has 0 radical (unpaired) electrons. The second-order valence-electron chi connectivity index (χ2n) is 8.01. The van der Waals surface area contributed by atoms with Crippen molar-refractivity contribution in [2.45, 2.75) is 115 Å². The second-order valence-corrected chi connectivity index (χ2v) is 8.01. The highest BCUT2D eigenvalue weighted by atomic mass is 16.6. The van der Waals surface area contributed by atoms with E-state index in [1.807, 2.05) is 0 Å². The van der Waals surface area contributed by atoms with Crippen molar-refractivity contribution in [2.24, 2.45) is 5.92 Å². The first-order valence-electron chi connectivity index (χ1n) is 11.5. The zero-order valence-corrected chi connectivity index (χ0v) is 17.7. The number of hydrogen-bond donors (Lipinski definition) is 1. The van der Waals surface area contributed by atoms with Gasteiger partial charge >= 0.3 is 5.97 Å². The lowest BCUT2D eigenvalue weighted by atomic mass is 9.97. The SMILES string of the molecule is C#CCCCCCCC#CCCCCCCCCCC[C@@H]1C[C@@H](CO)OC1=O. The first-order valence-corrected chi connectivity index (χ1v) is 11.5. The molecular weight excluding hydrogens is 348 g/mol. The van der Waals surface area contributed by atoms with Gasteiger partial charge in [0, 0.05) is 19.3 Å². The van der Waals surface area contributed by atoms with Crippen LogP contribution in [0.3, 0.4) is 0 Å². The Hall–Kier alpha value is -1.45. The fourth-order valence-electron chi connectivity index (χ4n) is 3.71. The first kappa shape index (κ1) is 24.6. The molecule has 0 unspecified atom stereocenters. The molecule has 0 amide bonds. The Morgan fingerprint density at radius 1 is 0.821 bits per heavy atom. The molecule has 1 fully saturated rings.